The standard InChI is InChI=1S/C7H12O3/c1-4-2-9-7-6(4)5(8)3-10-7/h4-8H,2-3H2,1H3/t4-,5-,6+,7-/m1/s1. The van der Waals surface area contributed by atoms with Crippen molar-refractivity contribution in [1.82, 2.24) is 0 Å². The highest BCUT2D eigenvalue weighted by Crippen LogP contribution is 2.35. The molecule has 2 heterocycles. The number of aliphatic hydroxyl groups is 1. The van der Waals surface area contributed by atoms with Crippen LogP contribution in [0.2, 0.25) is 0 Å². The van der Waals surface area contributed by atoms with Crippen molar-refractivity contribution >= 4 is 0 Å². The molecule has 0 saturated carbocycles. The molecular formula is C7H12O3. The van der Waals surface area contributed by atoms with E-state index in [4.69, 9.17) is 9.47 Å². The van der Waals surface area contributed by atoms with Crippen LogP contribution < -0.4 is 0 Å². The van der Waals surface area contributed by atoms with Gasteiger partial charge in [-0.25, -0.2) is 0 Å². The minimum Gasteiger partial charge on any atom is -0.390 e. The normalized spacial score (nSPS) is 53.4. The molecule has 0 amide bonds. The Morgan fingerprint density at radius 2 is 2.00 bits per heavy atom. The van der Waals surface area contributed by atoms with E-state index in [2.05, 4.69) is 6.92 Å². The molecule has 2 aliphatic heterocycles. The van der Waals surface area contributed by atoms with Gasteiger partial charge >= 0.3 is 0 Å². The van der Waals surface area contributed by atoms with Crippen LogP contribution in [0, 0.1) is 11.8 Å². The highest BCUT2D eigenvalue weighted by Gasteiger charge is 2.45. The summed E-state index contributed by atoms with van der Waals surface area (Å²) in [7, 11) is 0. The molecule has 2 aliphatic rings. The molecule has 0 aromatic rings. The number of hydrogen-bond acceptors (Lipinski definition) is 3. The Balaban J connectivity index is 2.11. The second-order valence-electron chi connectivity index (χ2n) is 3.16. The summed E-state index contributed by atoms with van der Waals surface area (Å²) in [5.74, 6) is 0.669. The van der Waals surface area contributed by atoms with Crippen molar-refractivity contribution in [3.8, 4) is 0 Å². The summed E-state index contributed by atoms with van der Waals surface area (Å²) in [5, 5.41) is 9.36. The van der Waals surface area contributed by atoms with Gasteiger partial charge in [-0.15, -0.1) is 0 Å². The van der Waals surface area contributed by atoms with Gasteiger partial charge in [0.05, 0.1) is 19.3 Å². The molecule has 0 aromatic heterocycles. The van der Waals surface area contributed by atoms with Gasteiger partial charge in [-0.1, -0.05) is 6.92 Å². The van der Waals surface area contributed by atoms with E-state index in [0.717, 1.165) is 6.61 Å². The summed E-state index contributed by atoms with van der Waals surface area (Å²) in [6.45, 7) is 3.26. The molecule has 1 N–H and O–H groups in total. The van der Waals surface area contributed by atoms with E-state index in [0.29, 0.717) is 12.5 Å². The van der Waals surface area contributed by atoms with Crippen LogP contribution in [0.1, 0.15) is 6.92 Å². The molecule has 2 saturated heterocycles. The Labute approximate surface area is 59.9 Å². The van der Waals surface area contributed by atoms with E-state index in [9.17, 15) is 5.11 Å². The SMILES string of the molecule is C[C@@H]1CO[C@@H]2OC[C@@H](O)[C@@H]21. The van der Waals surface area contributed by atoms with Gasteiger partial charge in [-0.2, -0.15) is 0 Å². The molecule has 0 aliphatic carbocycles. The van der Waals surface area contributed by atoms with Crippen LogP contribution >= 0.6 is 0 Å². The maximum atomic E-state index is 9.36. The molecular weight excluding hydrogens is 132 g/mol. The van der Waals surface area contributed by atoms with Crippen molar-refractivity contribution in [3.63, 3.8) is 0 Å². The molecule has 58 valence electrons. The van der Waals surface area contributed by atoms with Crippen molar-refractivity contribution in [2.45, 2.75) is 19.3 Å². The van der Waals surface area contributed by atoms with E-state index in [-0.39, 0.29) is 18.3 Å². The first-order chi connectivity index (χ1) is 4.79. The number of fused-ring (bicyclic) bond motifs is 1. The van der Waals surface area contributed by atoms with Gasteiger partial charge in [0.15, 0.2) is 6.29 Å². The zero-order chi connectivity index (χ0) is 7.14. The Morgan fingerprint density at radius 3 is 2.70 bits per heavy atom. The van der Waals surface area contributed by atoms with E-state index < -0.39 is 0 Å². The molecule has 4 atom stereocenters. The van der Waals surface area contributed by atoms with Crippen LogP contribution in [0.4, 0.5) is 0 Å². The van der Waals surface area contributed by atoms with E-state index in [1.165, 1.54) is 0 Å². The lowest BCUT2D eigenvalue weighted by Gasteiger charge is -2.12. The first-order valence-electron chi connectivity index (χ1n) is 3.70. The zero-order valence-corrected chi connectivity index (χ0v) is 5.99. The average molecular weight is 144 g/mol. The second kappa shape index (κ2) is 2.19. The Bertz CT molecular complexity index is 123. The lowest BCUT2D eigenvalue weighted by atomic mass is 9.93. The van der Waals surface area contributed by atoms with Crippen LogP contribution in [0.5, 0.6) is 0 Å². The first kappa shape index (κ1) is 6.58. The summed E-state index contributed by atoms with van der Waals surface area (Å²) < 4.78 is 10.5. The summed E-state index contributed by atoms with van der Waals surface area (Å²) in [4.78, 5) is 0. The summed E-state index contributed by atoms with van der Waals surface area (Å²) in [6, 6.07) is 0. The van der Waals surface area contributed by atoms with E-state index in [1.807, 2.05) is 0 Å². The van der Waals surface area contributed by atoms with Gasteiger partial charge in [-0.3, -0.25) is 0 Å². The fourth-order valence-electron chi connectivity index (χ4n) is 1.76. The summed E-state index contributed by atoms with van der Waals surface area (Å²) >= 11 is 0. The lowest BCUT2D eigenvalue weighted by Crippen LogP contribution is -2.24. The molecule has 3 nitrogen and oxygen atoms in total. The summed E-state index contributed by atoms with van der Waals surface area (Å²) in [5.41, 5.74) is 0. The van der Waals surface area contributed by atoms with Gasteiger partial charge in [0.1, 0.15) is 0 Å². The molecule has 0 bridgehead atoms. The quantitative estimate of drug-likeness (QED) is 0.519. The Kier molecular flexibility index (Phi) is 1.44. The molecule has 10 heavy (non-hydrogen) atoms. The Hall–Kier alpha value is -0.120. The minimum atomic E-state index is -0.303. The van der Waals surface area contributed by atoms with Crippen LogP contribution in [0.25, 0.3) is 0 Å². The van der Waals surface area contributed by atoms with Crippen molar-refractivity contribution in [1.29, 1.82) is 0 Å². The predicted octanol–water partition coefficient (Wildman–Crippen LogP) is -0.0139. The number of hydrogen-bond donors (Lipinski definition) is 1. The predicted molar refractivity (Wildman–Crippen MR) is 34.4 cm³/mol. The van der Waals surface area contributed by atoms with Crippen molar-refractivity contribution in [3.05, 3.63) is 0 Å². The third-order valence-corrected chi connectivity index (χ3v) is 2.37. The molecule has 3 heteroatoms. The van der Waals surface area contributed by atoms with Crippen LogP contribution in [0.15, 0.2) is 0 Å². The molecule has 2 fully saturated rings. The maximum absolute atomic E-state index is 9.36. The largest absolute Gasteiger partial charge is 0.390 e. The third kappa shape index (κ3) is 0.779. The van der Waals surface area contributed by atoms with Gasteiger partial charge in [0, 0.05) is 5.92 Å². The molecule has 0 unspecified atom stereocenters. The maximum Gasteiger partial charge on any atom is 0.163 e. The summed E-state index contributed by atoms with van der Waals surface area (Å²) in [6.07, 6.45) is -0.424. The van der Waals surface area contributed by atoms with Crippen LogP contribution in [-0.4, -0.2) is 30.7 Å². The van der Waals surface area contributed by atoms with Gasteiger partial charge in [0.25, 0.3) is 0 Å². The third-order valence-electron chi connectivity index (χ3n) is 2.37. The average Bonchev–Trinajstić information content (AvgIpc) is 2.40. The van der Waals surface area contributed by atoms with Gasteiger partial charge in [0.2, 0.25) is 0 Å². The second-order valence-corrected chi connectivity index (χ2v) is 3.16. The highest BCUT2D eigenvalue weighted by atomic mass is 16.7. The molecule has 2 rings (SSSR count). The Morgan fingerprint density at radius 1 is 1.30 bits per heavy atom. The van der Waals surface area contributed by atoms with E-state index >= 15 is 0 Å². The first-order valence-corrected chi connectivity index (χ1v) is 3.70. The molecule has 0 radical (unpaired) electrons. The van der Waals surface area contributed by atoms with Gasteiger partial charge in [-0.05, 0) is 5.92 Å². The number of aliphatic hydroxyl groups excluding tert-OH is 1. The van der Waals surface area contributed by atoms with Crippen molar-refractivity contribution in [2.75, 3.05) is 13.2 Å². The van der Waals surface area contributed by atoms with E-state index in [1.54, 1.807) is 0 Å². The van der Waals surface area contributed by atoms with Crippen molar-refractivity contribution < 1.29 is 14.6 Å². The fraction of sp³-hybridized carbons (Fsp3) is 1.00. The lowest BCUT2D eigenvalue weighted by molar-refractivity contribution is -0.0908. The molecule has 0 spiro atoms. The zero-order valence-electron chi connectivity index (χ0n) is 5.99. The van der Waals surface area contributed by atoms with Crippen molar-refractivity contribution in [2.24, 2.45) is 11.8 Å². The monoisotopic (exact) mass is 144 g/mol. The molecule has 0 aromatic carbocycles. The van der Waals surface area contributed by atoms with Crippen LogP contribution in [-0.2, 0) is 9.47 Å². The highest BCUT2D eigenvalue weighted by molar-refractivity contribution is 4.86. The number of rotatable bonds is 0. The fourth-order valence-corrected chi connectivity index (χ4v) is 1.76. The van der Waals surface area contributed by atoms with Crippen LogP contribution in [0.3, 0.4) is 0 Å². The smallest absolute Gasteiger partial charge is 0.163 e. The topological polar surface area (TPSA) is 38.7 Å². The number of ether oxygens (including phenoxy) is 2. The minimum absolute atomic E-state index is 0.120. The van der Waals surface area contributed by atoms with Gasteiger partial charge < -0.3 is 14.6 Å².